The van der Waals surface area contributed by atoms with E-state index in [1.165, 1.54) is 0 Å². The molecule has 0 atom stereocenters. The van der Waals surface area contributed by atoms with Crippen molar-refractivity contribution >= 4 is 23.8 Å². The van der Waals surface area contributed by atoms with Crippen LogP contribution in [-0.2, 0) is 11.8 Å². The predicted octanol–water partition coefficient (Wildman–Crippen LogP) is 3.12. The molecule has 13 heavy (non-hydrogen) atoms. The highest BCUT2D eigenvalue weighted by Gasteiger charge is 2.03. The summed E-state index contributed by atoms with van der Waals surface area (Å²) in [5.41, 5.74) is 0.396. The molecule has 5 heteroatoms. The second kappa shape index (κ2) is 3.99. The summed E-state index contributed by atoms with van der Waals surface area (Å²) in [6.45, 7) is 3.79. The number of hydrogen-bond acceptors (Lipinski definition) is 4. The van der Waals surface area contributed by atoms with Gasteiger partial charge >= 0.3 is 0 Å². The Morgan fingerprint density at radius 3 is 2.23 bits per heavy atom. The van der Waals surface area contributed by atoms with Crippen molar-refractivity contribution in [2.75, 3.05) is 13.3 Å². The Morgan fingerprint density at radius 1 is 1.31 bits per heavy atom. The van der Waals surface area contributed by atoms with Crippen LogP contribution < -0.4 is 4.52 Å². The third-order valence-electron chi connectivity index (χ3n) is 1.27. The van der Waals surface area contributed by atoms with E-state index in [0.717, 1.165) is 0 Å². The molecule has 0 bridgehead atoms. The summed E-state index contributed by atoms with van der Waals surface area (Å²) in [5, 5.41) is 2.79. The van der Waals surface area contributed by atoms with Gasteiger partial charge in [-0.1, -0.05) is 11.8 Å². The first-order valence-corrected chi connectivity index (χ1v) is 7.31. The molecule has 0 spiro atoms. The molecule has 1 rings (SSSR count). The highest BCUT2D eigenvalue weighted by molar-refractivity contribution is 8.11. The van der Waals surface area contributed by atoms with Gasteiger partial charge in [-0.25, -0.2) is 0 Å². The maximum atomic E-state index is 10.1. The average molecular weight is 215 g/mol. The Morgan fingerprint density at radius 2 is 1.85 bits per heavy atom. The first-order valence-electron chi connectivity index (χ1n) is 3.69. The van der Waals surface area contributed by atoms with Crippen molar-refractivity contribution in [3.8, 4) is 5.75 Å². The molecule has 0 saturated carbocycles. The molecule has 0 aliphatic carbocycles. The monoisotopic (exact) mass is 215 g/mol. The van der Waals surface area contributed by atoms with Crippen LogP contribution in [0.2, 0.25) is 0 Å². The molecular weight excluding hydrogens is 205 g/mol. The molecule has 0 unspecified atom stereocenters. The predicted molar refractivity (Wildman–Crippen MR) is 58.7 cm³/mol. The average Bonchev–Trinajstić information content (AvgIpc) is 2.03. The van der Waals surface area contributed by atoms with Crippen molar-refractivity contribution in [1.82, 2.24) is 0 Å². The van der Waals surface area contributed by atoms with Crippen molar-refractivity contribution in [3.05, 3.63) is 29.2 Å². The van der Waals surface area contributed by atoms with Gasteiger partial charge in [0.05, 0.1) is 0 Å². The normalized spacial score (nSPS) is 10.9. The molecule has 1 aromatic rings. The quantitative estimate of drug-likeness (QED) is 0.574. The fraction of sp³-hybridized carbons (Fsp3) is 0.250. The van der Waals surface area contributed by atoms with Crippen LogP contribution in [0, 0.1) is 4.91 Å². The number of nitrogens with zero attached hydrogens (tertiary/aromatic N) is 1. The van der Waals surface area contributed by atoms with Gasteiger partial charge in [0.25, 0.3) is 0 Å². The van der Waals surface area contributed by atoms with Crippen molar-refractivity contribution in [2.24, 2.45) is 5.18 Å². The Labute approximate surface area is 82.2 Å². The van der Waals surface area contributed by atoms with Gasteiger partial charge in [-0.05, 0) is 42.8 Å². The zero-order chi connectivity index (χ0) is 9.90. The summed E-state index contributed by atoms with van der Waals surface area (Å²) in [7, 11) is 0. The van der Waals surface area contributed by atoms with Gasteiger partial charge in [0, 0.05) is 0 Å². The van der Waals surface area contributed by atoms with E-state index >= 15 is 0 Å². The molecular formula is C8H10NO2PS. The Kier molecular flexibility index (Phi) is 3.17. The van der Waals surface area contributed by atoms with Crippen LogP contribution in [0.4, 0.5) is 5.69 Å². The number of benzene rings is 1. The minimum atomic E-state index is -1.69. The molecule has 0 N–H and O–H groups in total. The summed E-state index contributed by atoms with van der Waals surface area (Å²) in [6, 6.07) is 6.61. The smallest absolute Gasteiger partial charge is 0.124 e. The van der Waals surface area contributed by atoms with Crippen LogP contribution in [0.15, 0.2) is 29.4 Å². The highest BCUT2D eigenvalue weighted by Crippen LogP contribution is 2.39. The summed E-state index contributed by atoms with van der Waals surface area (Å²) >= 11 is 5.13. The summed E-state index contributed by atoms with van der Waals surface area (Å²) in [4.78, 5) is 10.1. The molecule has 0 saturated heterocycles. The maximum Gasteiger partial charge on any atom is 0.124 e. The fourth-order valence-electron chi connectivity index (χ4n) is 0.822. The summed E-state index contributed by atoms with van der Waals surface area (Å²) in [5.74, 6) is 0.695. The molecule has 0 aliphatic heterocycles. The lowest BCUT2D eigenvalue weighted by Gasteiger charge is -2.12. The van der Waals surface area contributed by atoms with Crippen molar-refractivity contribution < 1.29 is 4.52 Å². The minimum absolute atomic E-state index is 0.396. The van der Waals surface area contributed by atoms with E-state index < -0.39 is 6.26 Å². The minimum Gasteiger partial charge on any atom is -0.467 e. The van der Waals surface area contributed by atoms with Gasteiger partial charge in [-0.2, -0.15) is 0 Å². The summed E-state index contributed by atoms with van der Waals surface area (Å²) in [6.07, 6.45) is -1.69. The molecule has 70 valence electrons. The lowest BCUT2D eigenvalue weighted by atomic mass is 10.3. The second-order valence-electron chi connectivity index (χ2n) is 2.93. The Balaban J connectivity index is 2.81. The van der Waals surface area contributed by atoms with E-state index in [1.54, 1.807) is 24.3 Å². The molecule has 0 aromatic heterocycles. The highest BCUT2D eigenvalue weighted by atomic mass is 32.4. The molecule has 0 fully saturated rings. The maximum absolute atomic E-state index is 10.1. The first kappa shape index (κ1) is 10.4. The van der Waals surface area contributed by atoms with Crippen LogP contribution in [0.3, 0.4) is 0 Å². The van der Waals surface area contributed by atoms with E-state index in [4.69, 9.17) is 16.3 Å². The third-order valence-corrected chi connectivity index (χ3v) is 2.14. The van der Waals surface area contributed by atoms with Crippen molar-refractivity contribution in [2.45, 2.75) is 0 Å². The zero-order valence-electron chi connectivity index (χ0n) is 7.43. The fourth-order valence-corrected chi connectivity index (χ4v) is 1.71. The van der Waals surface area contributed by atoms with E-state index in [-0.39, 0.29) is 0 Å². The Bertz CT molecular complexity index is 344. The molecule has 1 aromatic carbocycles. The van der Waals surface area contributed by atoms with Crippen LogP contribution in [0.25, 0.3) is 0 Å². The largest absolute Gasteiger partial charge is 0.467 e. The van der Waals surface area contributed by atoms with Gasteiger partial charge in [0.15, 0.2) is 0 Å². The van der Waals surface area contributed by atoms with Crippen molar-refractivity contribution in [3.63, 3.8) is 0 Å². The molecule has 0 radical (unpaired) electrons. The van der Waals surface area contributed by atoms with Crippen LogP contribution in [-0.4, -0.2) is 13.3 Å². The molecule has 0 aliphatic rings. The third kappa shape index (κ3) is 3.66. The van der Waals surface area contributed by atoms with Crippen LogP contribution >= 0.6 is 6.26 Å². The summed E-state index contributed by atoms with van der Waals surface area (Å²) < 4.78 is 5.48. The van der Waals surface area contributed by atoms with Gasteiger partial charge in [0.1, 0.15) is 17.7 Å². The van der Waals surface area contributed by atoms with Gasteiger partial charge < -0.3 is 4.52 Å². The lowest BCUT2D eigenvalue weighted by molar-refractivity contribution is 0.621. The standard InChI is InChI=1S/C8H10NO2PS/c1-12(2,13)11-8-5-3-7(9-10)4-6-8/h3-6H,1-2H3. The number of rotatable bonds is 3. The van der Waals surface area contributed by atoms with E-state index in [2.05, 4.69) is 5.18 Å². The van der Waals surface area contributed by atoms with Gasteiger partial charge in [-0.3, -0.25) is 0 Å². The topological polar surface area (TPSA) is 38.7 Å². The van der Waals surface area contributed by atoms with E-state index in [0.29, 0.717) is 11.4 Å². The van der Waals surface area contributed by atoms with Crippen molar-refractivity contribution in [1.29, 1.82) is 0 Å². The zero-order valence-corrected chi connectivity index (χ0v) is 9.14. The first-order chi connectivity index (χ1) is 6.01. The van der Waals surface area contributed by atoms with Gasteiger partial charge in [0.2, 0.25) is 0 Å². The lowest BCUT2D eigenvalue weighted by Crippen LogP contribution is -1.87. The SMILES string of the molecule is CP(C)(=S)Oc1ccc(N=O)cc1. The van der Waals surface area contributed by atoms with Crippen LogP contribution in [0.5, 0.6) is 5.75 Å². The molecule has 0 amide bonds. The molecule has 3 nitrogen and oxygen atoms in total. The van der Waals surface area contributed by atoms with E-state index in [9.17, 15) is 4.91 Å². The number of hydrogen-bond donors (Lipinski definition) is 0. The molecule has 0 heterocycles. The number of nitroso groups, excluding NO2 is 1. The van der Waals surface area contributed by atoms with E-state index in [1.807, 2.05) is 13.3 Å². The van der Waals surface area contributed by atoms with Crippen LogP contribution in [0.1, 0.15) is 0 Å². The Hall–Kier alpha value is -0.730. The second-order valence-corrected chi connectivity index (χ2v) is 8.25. The van der Waals surface area contributed by atoms with Gasteiger partial charge in [-0.15, -0.1) is 4.91 Å².